The highest BCUT2D eigenvalue weighted by atomic mass is 35.5. The minimum atomic E-state index is -4.61. The summed E-state index contributed by atoms with van der Waals surface area (Å²) in [6.07, 6.45) is 7.93. The number of halogens is 1. The lowest BCUT2D eigenvalue weighted by Crippen LogP contribution is -2.47. The number of allylic oxidation sites excluding steroid dienone is 1. The zero-order valence-corrected chi connectivity index (χ0v) is 38.9. The molecular weight excluding hydrogens is 882 g/mol. The van der Waals surface area contributed by atoms with Crippen molar-refractivity contribution in [1.82, 2.24) is 19.6 Å². The number of nitrogens with zero attached hydrogens (tertiary/aromatic N) is 5. The summed E-state index contributed by atoms with van der Waals surface area (Å²) in [4.78, 5) is 40.1. The molecule has 4 heterocycles. The van der Waals surface area contributed by atoms with Gasteiger partial charge >= 0.3 is 5.69 Å². The van der Waals surface area contributed by atoms with Gasteiger partial charge in [-0.25, -0.2) is 13.1 Å². The van der Waals surface area contributed by atoms with Gasteiger partial charge in [0, 0.05) is 67.6 Å². The lowest BCUT2D eigenvalue weighted by atomic mass is 9.72. The van der Waals surface area contributed by atoms with Crippen LogP contribution < -0.4 is 24.0 Å². The molecule has 15 nitrogen and oxygen atoms in total. The van der Waals surface area contributed by atoms with Gasteiger partial charge < -0.3 is 29.4 Å². The van der Waals surface area contributed by atoms with E-state index in [1.165, 1.54) is 28.8 Å². The Morgan fingerprint density at radius 1 is 1.00 bits per heavy atom. The number of rotatable bonds is 12. The summed E-state index contributed by atoms with van der Waals surface area (Å²) >= 11 is 6.27. The second kappa shape index (κ2) is 18.9. The van der Waals surface area contributed by atoms with Crippen LogP contribution in [-0.2, 0) is 10.0 Å². The SMILES string of the molecule is CC1(C)CCC(CN2CCN(c3ccc(C(=O)NS(=O)(=O)c4ccc(OCC5CCC(O)CC5)c([N+](=O)[O-])c4)c(N4CCCOc5nc6[nH]ccc6cc54)c3)CC2)=C(c2ccc(Cl)cc2)C1. The van der Waals surface area contributed by atoms with E-state index >= 15 is 0 Å². The molecule has 2 aromatic heterocycles. The van der Waals surface area contributed by atoms with Gasteiger partial charge in [0.15, 0.2) is 5.75 Å². The van der Waals surface area contributed by atoms with Gasteiger partial charge in [0.1, 0.15) is 11.3 Å². The van der Waals surface area contributed by atoms with E-state index < -0.39 is 31.4 Å². The number of H-pyrrole nitrogens is 1. The molecule has 1 saturated heterocycles. The second-order valence-corrected chi connectivity index (χ2v) is 20.9. The quantitative estimate of drug-likeness (QED) is 0.0799. The number of aliphatic hydroxyl groups excluding tert-OH is 1. The van der Waals surface area contributed by atoms with Crippen molar-refractivity contribution in [2.45, 2.75) is 76.2 Å². The lowest BCUT2D eigenvalue weighted by molar-refractivity contribution is -0.386. The fraction of sp³-hybridized carbons (Fsp3) is 0.429. The number of carbonyl (C=O) groups excluding carboxylic acids is 1. The predicted octanol–water partition coefficient (Wildman–Crippen LogP) is 8.88. The van der Waals surface area contributed by atoms with Crippen LogP contribution in [0, 0.1) is 21.4 Å². The molecule has 17 heteroatoms. The molecule has 5 aromatic rings. The Morgan fingerprint density at radius 3 is 2.53 bits per heavy atom. The van der Waals surface area contributed by atoms with E-state index in [9.17, 15) is 28.4 Å². The Bertz CT molecular complexity index is 2760. The standard InChI is InChI=1S/C49H56ClN7O8S/c1-49(2)18-16-35(41(29-49)33-6-8-36(50)9-7-33)30-54-21-23-55(24-22-54)37-10-14-40(42(27-37)56-20-3-25-64-48-44(56)26-34-17-19-51-46(34)52-48)47(59)53-66(62,63)39-13-15-45(43(28-39)57(60)61)65-31-32-4-11-38(58)12-5-32/h6-10,13-15,17,19,26-28,32,38,58H,3-5,11-12,16,18,20-25,29-31H2,1-2H3,(H,51,52)(H,53,59). The first-order valence-corrected chi connectivity index (χ1v) is 24.7. The number of nitro groups is 1. The number of hydrogen-bond donors (Lipinski definition) is 3. The van der Waals surface area contributed by atoms with Crippen LogP contribution in [0.2, 0.25) is 5.02 Å². The molecule has 9 rings (SSSR count). The van der Waals surface area contributed by atoms with Crippen molar-refractivity contribution in [3.8, 4) is 11.6 Å². The predicted molar refractivity (Wildman–Crippen MR) is 256 cm³/mol. The van der Waals surface area contributed by atoms with Crippen LogP contribution in [0.3, 0.4) is 0 Å². The van der Waals surface area contributed by atoms with Crippen LogP contribution >= 0.6 is 11.6 Å². The van der Waals surface area contributed by atoms with Gasteiger partial charge in [0.05, 0.1) is 40.4 Å². The van der Waals surface area contributed by atoms with Gasteiger partial charge in [-0.15, -0.1) is 0 Å². The van der Waals surface area contributed by atoms with E-state index in [0.29, 0.717) is 55.3 Å². The summed E-state index contributed by atoms with van der Waals surface area (Å²) in [6.45, 7) is 9.72. The van der Waals surface area contributed by atoms with Crippen LogP contribution in [0.1, 0.15) is 81.1 Å². The van der Waals surface area contributed by atoms with Crippen molar-refractivity contribution in [2.75, 3.05) is 62.3 Å². The van der Waals surface area contributed by atoms with E-state index in [0.717, 1.165) is 87.0 Å². The summed E-state index contributed by atoms with van der Waals surface area (Å²) in [7, 11) is -4.61. The average molecular weight is 939 g/mol. The van der Waals surface area contributed by atoms with E-state index in [1.54, 1.807) is 12.3 Å². The Kier molecular flexibility index (Phi) is 13.0. The molecule has 3 aromatic carbocycles. The first kappa shape index (κ1) is 45.5. The number of hydrogen-bond acceptors (Lipinski definition) is 12. The smallest absolute Gasteiger partial charge is 0.312 e. The molecule has 0 unspecified atom stereocenters. The normalized spacial score (nSPS) is 20.4. The molecule has 0 bridgehead atoms. The molecule has 1 saturated carbocycles. The van der Waals surface area contributed by atoms with Crippen LogP contribution in [0.15, 0.2) is 89.5 Å². The molecule has 0 atom stereocenters. The molecule has 2 aliphatic carbocycles. The van der Waals surface area contributed by atoms with Gasteiger partial charge in [-0.2, -0.15) is 4.98 Å². The number of fused-ring (bicyclic) bond motifs is 2. The van der Waals surface area contributed by atoms with Gasteiger partial charge in [-0.1, -0.05) is 43.2 Å². The monoisotopic (exact) mass is 937 g/mol. The second-order valence-electron chi connectivity index (χ2n) is 18.8. The number of aliphatic hydroxyl groups is 1. The maximum Gasteiger partial charge on any atom is 0.312 e. The van der Waals surface area contributed by atoms with Gasteiger partial charge in [0.2, 0.25) is 5.88 Å². The number of benzene rings is 3. The van der Waals surface area contributed by atoms with Crippen molar-refractivity contribution in [3.63, 3.8) is 0 Å². The Labute approximate surface area is 389 Å². The largest absolute Gasteiger partial charge is 0.487 e. The number of aromatic nitrogens is 2. The number of nitro benzene ring substituents is 1. The number of sulfonamides is 1. The van der Waals surface area contributed by atoms with Crippen LogP contribution in [0.4, 0.5) is 22.7 Å². The minimum absolute atomic E-state index is 0.0694. The van der Waals surface area contributed by atoms with Crippen molar-refractivity contribution in [1.29, 1.82) is 0 Å². The third-order valence-corrected chi connectivity index (χ3v) is 15.1. The third kappa shape index (κ3) is 10.0. The summed E-state index contributed by atoms with van der Waals surface area (Å²) < 4.78 is 42.0. The first-order chi connectivity index (χ1) is 31.7. The summed E-state index contributed by atoms with van der Waals surface area (Å²) in [5, 5.41) is 23.6. The highest BCUT2D eigenvalue weighted by Crippen LogP contribution is 2.44. The van der Waals surface area contributed by atoms with Crippen molar-refractivity contribution < 1.29 is 32.7 Å². The number of piperazine rings is 1. The van der Waals surface area contributed by atoms with E-state index in [-0.39, 0.29) is 35.4 Å². The fourth-order valence-corrected chi connectivity index (χ4v) is 10.8. The molecule has 2 fully saturated rings. The minimum Gasteiger partial charge on any atom is -0.487 e. The van der Waals surface area contributed by atoms with E-state index in [2.05, 4.69) is 45.5 Å². The molecular formula is C49H56ClN7O8S. The zero-order chi connectivity index (χ0) is 46.2. The van der Waals surface area contributed by atoms with Gasteiger partial charge in [0.25, 0.3) is 15.9 Å². The number of anilines is 3. The summed E-state index contributed by atoms with van der Waals surface area (Å²) in [6, 6.07) is 20.8. The number of pyridine rings is 1. The van der Waals surface area contributed by atoms with E-state index in [1.807, 2.05) is 41.3 Å². The number of ether oxygens (including phenoxy) is 2. The molecule has 3 N–H and O–H groups in total. The summed E-state index contributed by atoms with van der Waals surface area (Å²) in [5.74, 6) is -0.471. The highest BCUT2D eigenvalue weighted by Gasteiger charge is 2.32. The van der Waals surface area contributed by atoms with Crippen molar-refractivity contribution in [2.24, 2.45) is 11.3 Å². The number of aromatic amines is 1. The molecule has 4 aliphatic rings. The zero-order valence-electron chi connectivity index (χ0n) is 37.3. The Morgan fingerprint density at radius 2 is 1.77 bits per heavy atom. The molecule has 0 radical (unpaired) electrons. The Balaban J connectivity index is 0.980. The molecule has 0 spiro atoms. The third-order valence-electron chi connectivity index (χ3n) is 13.5. The molecule has 1 amide bonds. The fourth-order valence-electron chi connectivity index (χ4n) is 9.73. The van der Waals surface area contributed by atoms with Crippen molar-refractivity contribution in [3.05, 3.63) is 111 Å². The number of nitrogens with one attached hydrogen (secondary N) is 2. The Hall–Kier alpha value is -5.68. The van der Waals surface area contributed by atoms with Crippen LogP contribution in [0.5, 0.6) is 11.6 Å². The average Bonchev–Trinajstić information content (AvgIpc) is 3.66. The number of amides is 1. The highest BCUT2D eigenvalue weighted by molar-refractivity contribution is 7.90. The van der Waals surface area contributed by atoms with Gasteiger partial charge in [-0.05, 0) is 128 Å². The topological polar surface area (TPSA) is 183 Å². The maximum atomic E-state index is 14.4. The molecule has 66 heavy (non-hydrogen) atoms. The molecule has 348 valence electrons. The summed E-state index contributed by atoms with van der Waals surface area (Å²) in [5.41, 5.74) is 6.53. The first-order valence-electron chi connectivity index (χ1n) is 22.8. The number of carbonyl (C=O) groups is 1. The maximum absolute atomic E-state index is 14.4. The molecule has 2 aliphatic heterocycles. The van der Waals surface area contributed by atoms with Gasteiger partial charge in [-0.3, -0.25) is 19.8 Å². The lowest BCUT2D eigenvalue weighted by Gasteiger charge is -2.39. The van der Waals surface area contributed by atoms with E-state index in [4.69, 9.17) is 26.1 Å². The van der Waals surface area contributed by atoms with Crippen molar-refractivity contribution >= 4 is 66.9 Å². The van der Waals surface area contributed by atoms with Crippen LogP contribution in [-0.4, -0.2) is 97.8 Å². The van der Waals surface area contributed by atoms with Crippen LogP contribution in [0.25, 0.3) is 16.6 Å².